The number of likely N-dealkylation sites (tertiary alicyclic amines) is 1. The number of amides is 1. The van der Waals surface area contributed by atoms with Crippen LogP contribution in [0.5, 0.6) is 5.75 Å². The lowest BCUT2D eigenvalue weighted by Gasteiger charge is -2.37. The maximum Gasteiger partial charge on any atom is 0.222 e. The molecule has 1 aromatic carbocycles. The predicted octanol–water partition coefficient (Wildman–Crippen LogP) is 1.80. The largest absolute Gasteiger partial charge is 0.497 e. The van der Waals surface area contributed by atoms with Crippen LogP contribution in [0.2, 0.25) is 0 Å². The fourth-order valence-corrected chi connectivity index (χ4v) is 3.78. The van der Waals surface area contributed by atoms with E-state index in [1.807, 2.05) is 17.0 Å². The first-order chi connectivity index (χ1) is 13.7. The Bertz CT molecular complexity index is 653. The molecule has 0 saturated carbocycles. The molecule has 2 saturated heterocycles. The number of ether oxygens (including phenoxy) is 1. The highest BCUT2D eigenvalue weighted by Gasteiger charge is 2.21. The van der Waals surface area contributed by atoms with E-state index in [4.69, 9.17) is 9.73 Å². The van der Waals surface area contributed by atoms with Gasteiger partial charge in [-0.1, -0.05) is 0 Å². The van der Waals surface area contributed by atoms with Gasteiger partial charge in [0.2, 0.25) is 5.91 Å². The number of piperazine rings is 1. The fourth-order valence-electron chi connectivity index (χ4n) is 3.78. The Balaban J connectivity index is 1.48. The molecule has 0 atom stereocenters. The third kappa shape index (κ3) is 5.30. The summed E-state index contributed by atoms with van der Waals surface area (Å²) in [5.41, 5.74) is 1.23. The minimum Gasteiger partial charge on any atom is -0.497 e. The van der Waals surface area contributed by atoms with E-state index in [0.29, 0.717) is 12.3 Å². The number of guanidine groups is 1. The van der Waals surface area contributed by atoms with Crippen molar-refractivity contribution in [3.05, 3.63) is 24.3 Å². The van der Waals surface area contributed by atoms with E-state index in [9.17, 15) is 4.79 Å². The summed E-state index contributed by atoms with van der Waals surface area (Å²) in [6, 6.07) is 8.26. The van der Waals surface area contributed by atoms with Gasteiger partial charge in [-0.15, -0.1) is 0 Å². The normalized spacial score (nSPS) is 18.0. The Morgan fingerprint density at radius 1 is 1.14 bits per heavy atom. The second kappa shape index (κ2) is 10.2. The highest BCUT2D eigenvalue weighted by atomic mass is 16.5. The molecule has 0 unspecified atom stereocenters. The number of methoxy groups -OCH3 is 1. The molecular formula is C21H33N5O2. The minimum absolute atomic E-state index is 0.297. The van der Waals surface area contributed by atoms with Crippen LogP contribution in [-0.4, -0.2) is 81.1 Å². The number of aliphatic imine (C=N–C) groups is 1. The molecule has 0 spiro atoms. The molecule has 2 heterocycles. The lowest BCUT2D eigenvalue weighted by molar-refractivity contribution is -0.127. The van der Waals surface area contributed by atoms with Crippen LogP contribution in [0.4, 0.5) is 5.69 Å². The monoisotopic (exact) mass is 387 g/mol. The van der Waals surface area contributed by atoms with Crippen LogP contribution in [0.1, 0.15) is 26.2 Å². The second-order valence-corrected chi connectivity index (χ2v) is 7.25. The van der Waals surface area contributed by atoms with Crippen LogP contribution in [0, 0.1) is 0 Å². The maximum atomic E-state index is 11.7. The number of anilines is 1. The van der Waals surface area contributed by atoms with E-state index in [1.54, 1.807) is 7.11 Å². The summed E-state index contributed by atoms with van der Waals surface area (Å²) >= 11 is 0. The molecule has 154 valence electrons. The summed E-state index contributed by atoms with van der Waals surface area (Å²) in [4.78, 5) is 23.2. The van der Waals surface area contributed by atoms with E-state index in [0.717, 1.165) is 76.9 Å². The lowest BCUT2D eigenvalue weighted by Crippen LogP contribution is -2.52. The third-order valence-corrected chi connectivity index (χ3v) is 5.37. The molecule has 7 heteroatoms. The first kappa shape index (κ1) is 20.3. The molecule has 2 fully saturated rings. The van der Waals surface area contributed by atoms with Crippen LogP contribution in [-0.2, 0) is 4.79 Å². The summed E-state index contributed by atoms with van der Waals surface area (Å²) in [5.74, 6) is 2.18. The van der Waals surface area contributed by atoms with Gasteiger partial charge in [0.05, 0.1) is 7.11 Å². The van der Waals surface area contributed by atoms with Crippen LogP contribution in [0.25, 0.3) is 0 Å². The summed E-state index contributed by atoms with van der Waals surface area (Å²) in [6.45, 7) is 9.30. The number of hydrogen-bond acceptors (Lipinski definition) is 4. The van der Waals surface area contributed by atoms with Crippen molar-refractivity contribution in [3.63, 3.8) is 0 Å². The Morgan fingerprint density at radius 2 is 1.89 bits per heavy atom. The number of hydrogen-bond donors (Lipinski definition) is 1. The van der Waals surface area contributed by atoms with Crippen molar-refractivity contribution >= 4 is 17.6 Å². The quantitative estimate of drug-likeness (QED) is 0.439. The molecule has 0 radical (unpaired) electrons. The zero-order valence-electron chi connectivity index (χ0n) is 17.2. The molecule has 0 aliphatic carbocycles. The topological polar surface area (TPSA) is 60.4 Å². The molecule has 1 N–H and O–H groups in total. The van der Waals surface area contributed by atoms with Gasteiger partial charge in [0.15, 0.2) is 5.96 Å². The molecule has 7 nitrogen and oxygen atoms in total. The third-order valence-electron chi connectivity index (χ3n) is 5.37. The number of carbonyl (C=O) groups is 1. The van der Waals surface area contributed by atoms with E-state index in [-0.39, 0.29) is 0 Å². The van der Waals surface area contributed by atoms with Gasteiger partial charge in [0.1, 0.15) is 5.75 Å². The van der Waals surface area contributed by atoms with E-state index >= 15 is 0 Å². The highest BCUT2D eigenvalue weighted by molar-refractivity contribution is 5.80. The van der Waals surface area contributed by atoms with Crippen LogP contribution < -0.4 is 15.0 Å². The van der Waals surface area contributed by atoms with Crippen molar-refractivity contribution < 1.29 is 9.53 Å². The maximum absolute atomic E-state index is 11.7. The molecule has 2 aliphatic rings. The van der Waals surface area contributed by atoms with Crippen LogP contribution >= 0.6 is 0 Å². The Labute approximate surface area is 168 Å². The smallest absolute Gasteiger partial charge is 0.222 e. The Morgan fingerprint density at radius 3 is 2.50 bits per heavy atom. The fraction of sp³-hybridized carbons (Fsp3) is 0.619. The van der Waals surface area contributed by atoms with Gasteiger partial charge < -0.3 is 24.8 Å². The number of rotatable bonds is 7. The number of nitrogens with zero attached hydrogens (tertiary/aromatic N) is 4. The number of nitrogens with one attached hydrogen (secondary N) is 1. The lowest BCUT2D eigenvalue weighted by atomic mass is 10.2. The van der Waals surface area contributed by atoms with Crippen LogP contribution in [0.15, 0.2) is 29.3 Å². The van der Waals surface area contributed by atoms with Gasteiger partial charge in [0, 0.05) is 64.5 Å². The molecule has 0 bridgehead atoms. The van der Waals surface area contributed by atoms with E-state index < -0.39 is 0 Å². The molecular weight excluding hydrogens is 354 g/mol. The van der Waals surface area contributed by atoms with E-state index in [2.05, 4.69) is 34.2 Å². The van der Waals surface area contributed by atoms with Gasteiger partial charge in [-0.3, -0.25) is 9.79 Å². The van der Waals surface area contributed by atoms with Gasteiger partial charge in [-0.25, -0.2) is 0 Å². The van der Waals surface area contributed by atoms with Gasteiger partial charge in [-0.2, -0.15) is 0 Å². The Kier molecular flexibility index (Phi) is 7.39. The molecule has 2 aliphatic heterocycles. The van der Waals surface area contributed by atoms with E-state index in [1.165, 1.54) is 5.69 Å². The van der Waals surface area contributed by atoms with Gasteiger partial charge >= 0.3 is 0 Å². The summed E-state index contributed by atoms with van der Waals surface area (Å²) < 4.78 is 5.24. The summed E-state index contributed by atoms with van der Waals surface area (Å²) in [5, 5.41) is 3.42. The standard InChI is InChI=1S/C21H33N5O2/c1-3-22-21(23-11-5-13-25-12-4-6-20(25)27)26-16-14-24(15-17-26)18-7-9-19(28-2)10-8-18/h7-10H,3-6,11-17H2,1-2H3,(H,22,23). The zero-order valence-corrected chi connectivity index (χ0v) is 17.2. The Hall–Kier alpha value is -2.44. The first-order valence-electron chi connectivity index (χ1n) is 10.4. The average Bonchev–Trinajstić information content (AvgIpc) is 3.15. The predicted molar refractivity (Wildman–Crippen MR) is 113 cm³/mol. The van der Waals surface area contributed by atoms with Gasteiger partial charge in [-0.05, 0) is 44.0 Å². The van der Waals surface area contributed by atoms with Crippen molar-refractivity contribution in [2.24, 2.45) is 4.99 Å². The molecule has 1 amide bonds. The molecule has 3 rings (SSSR count). The molecule has 0 aromatic heterocycles. The van der Waals surface area contributed by atoms with Crippen molar-refractivity contribution in [1.82, 2.24) is 15.1 Å². The minimum atomic E-state index is 0.297. The SMILES string of the molecule is CCNC(=NCCCN1CCCC1=O)N1CCN(c2ccc(OC)cc2)CC1. The number of carbonyl (C=O) groups excluding carboxylic acids is 1. The van der Waals surface area contributed by atoms with Crippen molar-refractivity contribution in [2.45, 2.75) is 26.2 Å². The summed E-state index contributed by atoms with van der Waals surface area (Å²) in [7, 11) is 1.69. The number of benzene rings is 1. The first-order valence-corrected chi connectivity index (χ1v) is 10.4. The average molecular weight is 388 g/mol. The van der Waals surface area contributed by atoms with Gasteiger partial charge in [0.25, 0.3) is 0 Å². The van der Waals surface area contributed by atoms with Crippen LogP contribution in [0.3, 0.4) is 0 Å². The van der Waals surface area contributed by atoms with Crippen molar-refractivity contribution in [3.8, 4) is 5.75 Å². The van der Waals surface area contributed by atoms with Crippen molar-refractivity contribution in [2.75, 3.05) is 64.4 Å². The zero-order chi connectivity index (χ0) is 19.8. The summed E-state index contributed by atoms with van der Waals surface area (Å²) in [6.07, 6.45) is 2.64. The second-order valence-electron chi connectivity index (χ2n) is 7.25. The molecule has 28 heavy (non-hydrogen) atoms. The molecule has 1 aromatic rings. The highest BCUT2D eigenvalue weighted by Crippen LogP contribution is 2.20. The van der Waals surface area contributed by atoms with Crippen molar-refractivity contribution in [1.29, 1.82) is 0 Å².